The van der Waals surface area contributed by atoms with Crippen LogP contribution in [0.1, 0.15) is 52.6 Å². The van der Waals surface area contributed by atoms with E-state index in [1.54, 1.807) is 12.1 Å². The van der Waals surface area contributed by atoms with E-state index in [4.69, 9.17) is 11.6 Å². The Kier molecular flexibility index (Phi) is 7.55. The molecule has 1 aliphatic carbocycles. The van der Waals surface area contributed by atoms with Crippen LogP contribution in [0.2, 0.25) is 5.02 Å². The molecular formula is C31H28ClF4N. The molecule has 3 aromatic rings. The zero-order valence-electron chi connectivity index (χ0n) is 20.4. The largest absolute Gasteiger partial charge is 0.418 e. The first kappa shape index (κ1) is 25.7. The third-order valence-corrected chi connectivity index (χ3v) is 7.43. The maximum atomic E-state index is 14.2. The number of hydrogen-bond donors (Lipinski definition) is 0. The van der Waals surface area contributed by atoms with Crippen molar-refractivity contribution in [3.63, 3.8) is 0 Å². The van der Waals surface area contributed by atoms with E-state index >= 15 is 0 Å². The van der Waals surface area contributed by atoms with Gasteiger partial charge in [-0.05, 0) is 76.3 Å². The SMILES string of the molecule is FCCCN1CC(=Cc2ccc(C3=C(c4cccc(Cl)c4C(F)(F)F)CCCc4ccccc43)cc2)C1. The standard InChI is InChI=1S/C31H28ClF4N/c32-28-11-4-10-27(30(28)31(34,35)36)26-9-3-7-23-6-1-2-8-25(23)29(26)24-14-12-21(13-15-24)18-22-19-37(20-22)17-5-16-33/h1-2,4,6,8,10-15,18H,3,5,7,9,16-17,19-20H2. The fourth-order valence-corrected chi connectivity index (χ4v) is 5.71. The molecular weight excluding hydrogens is 498 g/mol. The van der Waals surface area contributed by atoms with Crippen LogP contribution in [0.4, 0.5) is 17.6 Å². The summed E-state index contributed by atoms with van der Waals surface area (Å²) in [5, 5.41) is -0.280. The lowest BCUT2D eigenvalue weighted by Crippen LogP contribution is -2.40. The molecule has 0 radical (unpaired) electrons. The van der Waals surface area contributed by atoms with Gasteiger partial charge >= 0.3 is 6.18 Å². The molecule has 37 heavy (non-hydrogen) atoms. The third-order valence-electron chi connectivity index (χ3n) is 7.12. The van der Waals surface area contributed by atoms with E-state index in [9.17, 15) is 17.6 Å². The number of aryl methyl sites for hydroxylation is 1. The summed E-state index contributed by atoms with van der Waals surface area (Å²) in [4.78, 5) is 2.21. The summed E-state index contributed by atoms with van der Waals surface area (Å²) in [6.45, 7) is 2.17. The summed E-state index contributed by atoms with van der Waals surface area (Å²) in [5.74, 6) is 0. The van der Waals surface area contributed by atoms with Gasteiger partial charge in [0.25, 0.3) is 0 Å². The molecule has 0 saturated carbocycles. The van der Waals surface area contributed by atoms with E-state index in [1.807, 2.05) is 42.5 Å². The smallest absolute Gasteiger partial charge is 0.295 e. The summed E-state index contributed by atoms with van der Waals surface area (Å²) in [6, 6.07) is 20.5. The van der Waals surface area contributed by atoms with Crippen LogP contribution in [0.5, 0.6) is 0 Å². The van der Waals surface area contributed by atoms with Crippen molar-refractivity contribution in [3.8, 4) is 0 Å². The molecule has 0 N–H and O–H groups in total. The first-order valence-electron chi connectivity index (χ1n) is 12.6. The fourth-order valence-electron chi connectivity index (χ4n) is 5.43. The molecule has 0 bridgehead atoms. The quantitative estimate of drug-likeness (QED) is 0.291. The number of nitrogens with zero attached hydrogens (tertiary/aromatic N) is 1. The third kappa shape index (κ3) is 5.53. The molecule has 1 heterocycles. The van der Waals surface area contributed by atoms with Crippen molar-refractivity contribution in [1.82, 2.24) is 4.90 Å². The molecule has 1 aliphatic heterocycles. The maximum Gasteiger partial charge on any atom is 0.418 e. The Balaban J connectivity index is 1.58. The Morgan fingerprint density at radius 1 is 0.865 bits per heavy atom. The normalized spacial score (nSPS) is 16.3. The van der Waals surface area contributed by atoms with Crippen molar-refractivity contribution in [3.05, 3.63) is 111 Å². The number of fused-ring (bicyclic) bond motifs is 1. The molecule has 1 nitrogen and oxygen atoms in total. The summed E-state index contributed by atoms with van der Waals surface area (Å²) < 4.78 is 54.9. The van der Waals surface area contributed by atoms with Gasteiger partial charge in [0.2, 0.25) is 0 Å². The number of alkyl halides is 4. The molecule has 0 atom stereocenters. The van der Waals surface area contributed by atoms with Crippen molar-refractivity contribution < 1.29 is 17.6 Å². The van der Waals surface area contributed by atoms with Crippen LogP contribution in [0.15, 0.2) is 72.3 Å². The van der Waals surface area contributed by atoms with Crippen molar-refractivity contribution in [2.24, 2.45) is 0 Å². The van der Waals surface area contributed by atoms with Crippen LogP contribution < -0.4 is 0 Å². The second kappa shape index (κ2) is 10.8. The van der Waals surface area contributed by atoms with E-state index in [0.717, 1.165) is 60.3 Å². The Hall–Kier alpha value is -2.89. The molecule has 5 rings (SSSR count). The minimum Gasteiger partial charge on any atom is -0.295 e. The van der Waals surface area contributed by atoms with Crippen LogP contribution in [0.3, 0.4) is 0 Å². The molecule has 2 aliphatic rings. The predicted molar refractivity (Wildman–Crippen MR) is 143 cm³/mol. The Bertz CT molecular complexity index is 1330. The Morgan fingerprint density at radius 3 is 2.32 bits per heavy atom. The monoisotopic (exact) mass is 525 g/mol. The molecule has 0 aromatic heterocycles. The molecule has 0 amide bonds. The van der Waals surface area contributed by atoms with Crippen molar-refractivity contribution in [1.29, 1.82) is 0 Å². The molecule has 192 valence electrons. The second-order valence-electron chi connectivity index (χ2n) is 9.70. The van der Waals surface area contributed by atoms with Crippen LogP contribution in [-0.2, 0) is 12.6 Å². The summed E-state index contributed by atoms with van der Waals surface area (Å²) in [5.41, 5.74) is 6.22. The zero-order chi connectivity index (χ0) is 26.0. The number of hydrogen-bond acceptors (Lipinski definition) is 1. The number of allylic oxidation sites excluding steroid dienone is 1. The molecule has 1 saturated heterocycles. The van der Waals surface area contributed by atoms with E-state index in [2.05, 4.69) is 17.0 Å². The first-order chi connectivity index (χ1) is 17.8. The summed E-state index contributed by atoms with van der Waals surface area (Å²) in [7, 11) is 0. The lowest BCUT2D eigenvalue weighted by molar-refractivity contribution is -0.137. The average Bonchev–Trinajstić information content (AvgIpc) is 3.04. The minimum atomic E-state index is -4.56. The lowest BCUT2D eigenvalue weighted by Gasteiger charge is -2.33. The van der Waals surface area contributed by atoms with Crippen LogP contribution in [0.25, 0.3) is 17.2 Å². The van der Waals surface area contributed by atoms with Gasteiger partial charge in [-0.3, -0.25) is 9.29 Å². The van der Waals surface area contributed by atoms with Gasteiger partial charge in [0.15, 0.2) is 0 Å². The average molecular weight is 526 g/mol. The Morgan fingerprint density at radius 2 is 1.59 bits per heavy atom. The fraction of sp³-hybridized carbons (Fsp3) is 0.290. The van der Waals surface area contributed by atoms with Crippen molar-refractivity contribution >= 4 is 28.8 Å². The molecule has 1 fully saturated rings. The van der Waals surface area contributed by atoms with Gasteiger partial charge in [-0.15, -0.1) is 0 Å². The number of rotatable bonds is 6. The number of halogens is 5. The van der Waals surface area contributed by atoms with Gasteiger partial charge in [0.05, 0.1) is 17.3 Å². The molecule has 0 unspecified atom stereocenters. The zero-order valence-corrected chi connectivity index (χ0v) is 21.2. The molecule has 6 heteroatoms. The maximum absolute atomic E-state index is 14.2. The first-order valence-corrected chi connectivity index (χ1v) is 13.0. The Labute approximate surface area is 220 Å². The topological polar surface area (TPSA) is 3.24 Å². The summed E-state index contributed by atoms with van der Waals surface area (Å²) >= 11 is 6.12. The van der Waals surface area contributed by atoms with Crippen molar-refractivity contribution in [2.45, 2.75) is 31.9 Å². The van der Waals surface area contributed by atoms with Gasteiger partial charge < -0.3 is 0 Å². The summed E-state index contributed by atoms with van der Waals surface area (Å²) in [6.07, 6.45) is 0.216. The van der Waals surface area contributed by atoms with Gasteiger partial charge in [-0.1, -0.05) is 78.3 Å². The van der Waals surface area contributed by atoms with E-state index < -0.39 is 11.7 Å². The van der Waals surface area contributed by atoms with Gasteiger partial charge in [0, 0.05) is 19.6 Å². The van der Waals surface area contributed by atoms with E-state index in [-0.39, 0.29) is 17.3 Å². The second-order valence-corrected chi connectivity index (χ2v) is 10.1. The molecule has 3 aromatic carbocycles. The van der Waals surface area contributed by atoms with E-state index in [1.165, 1.54) is 11.6 Å². The van der Waals surface area contributed by atoms with Crippen LogP contribution in [-0.4, -0.2) is 31.2 Å². The van der Waals surface area contributed by atoms with Gasteiger partial charge in [0.1, 0.15) is 0 Å². The molecule has 0 spiro atoms. The lowest BCUT2D eigenvalue weighted by atomic mass is 9.86. The highest BCUT2D eigenvalue weighted by Crippen LogP contribution is 2.46. The van der Waals surface area contributed by atoms with Crippen LogP contribution >= 0.6 is 11.6 Å². The van der Waals surface area contributed by atoms with Crippen molar-refractivity contribution in [2.75, 3.05) is 26.3 Å². The van der Waals surface area contributed by atoms with Crippen LogP contribution in [0, 0.1) is 0 Å². The predicted octanol–water partition coefficient (Wildman–Crippen LogP) is 8.71. The van der Waals surface area contributed by atoms with Gasteiger partial charge in [-0.25, -0.2) is 0 Å². The minimum absolute atomic E-state index is 0.153. The number of likely N-dealkylation sites (tertiary alicyclic amines) is 1. The highest BCUT2D eigenvalue weighted by Gasteiger charge is 2.37. The number of benzene rings is 3. The van der Waals surface area contributed by atoms with E-state index in [0.29, 0.717) is 18.4 Å². The highest BCUT2D eigenvalue weighted by atomic mass is 35.5. The highest BCUT2D eigenvalue weighted by molar-refractivity contribution is 6.31. The van der Waals surface area contributed by atoms with Gasteiger partial charge in [-0.2, -0.15) is 13.2 Å².